The smallest absolute Gasteiger partial charge is 0.348 e. The summed E-state index contributed by atoms with van der Waals surface area (Å²) in [5.74, 6) is 0.755. The Morgan fingerprint density at radius 3 is 3.00 bits per heavy atom. The Balaban J connectivity index is 1.88. The van der Waals surface area contributed by atoms with Crippen molar-refractivity contribution in [3.05, 3.63) is 22.9 Å². The highest BCUT2D eigenvalue weighted by Crippen LogP contribution is 2.22. The van der Waals surface area contributed by atoms with E-state index in [9.17, 15) is 4.79 Å². The van der Waals surface area contributed by atoms with Gasteiger partial charge in [-0.2, -0.15) is 5.10 Å². The maximum absolute atomic E-state index is 11.3. The SMILES string of the molecule is CC1(Nc2cc3n[nH]c(=O)n3cn2)CCNCC1. The van der Waals surface area contributed by atoms with Crippen molar-refractivity contribution in [2.24, 2.45) is 0 Å². The molecule has 1 aliphatic rings. The maximum Gasteiger partial charge on any atom is 0.348 e. The first kappa shape index (κ1) is 11.2. The summed E-state index contributed by atoms with van der Waals surface area (Å²) in [4.78, 5) is 15.6. The van der Waals surface area contributed by atoms with Crippen LogP contribution in [0.4, 0.5) is 5.82 Å². The van der Waals surface area contributed by atoms with Gasteiger partial charge in [0.25, 0.3) is 0 Å². The first-order valence-corrected chi connectivity index (χ1v) is 6.08. The van der Waals surface area contributed by atoms with Crippen LogP contribution in [-0.4, -0.2) is 38.2 Å². The van der Waals surface area contributed by atoms with Gasteiger partial charge in [-0.3, -0.25) is 0 Å². The van der Waals surface area contributed by atoms with Gasteiger partial charge in [0.15, 0.2) is 5.65 Å². The molecule has 1 aliphatic heterocycles. The molecular formula is C11H16N6O. The summed E-state index contributed by atoms with van der Waals surface area (Å²) in [6.07, 6.45) is 3.59. The number of rotatable bonds is 2. The van der Waals surface area contributed by atoms with Crippen molar-refractivity contribution in [3.8, 4) is 0 Å². The van der Waals surface area contributed by atoms with E-state index in [4.69, 9.17) is 0 Å². The molecule has 7 heteroatoms. The summed E-state index contributed by atoms with van der Waals surface area (Å²) in [5, 5.41) is 13.1. The van der Waals surface area contributed by atoms with Gasteiger partial charge in [0.05, 0.1) is 0 Å². The number of anilines is 1. The molecule has 0 saturated carbocycles. The van der Waals surface area contributed by atoms with E-state index in [1.54, 1.807) is 6.07 Å². The zero-order valence-electron chi connectivity index (χ0n) is 10.2. The standard InChI is InChI=1S/C11H16N6O/c1-11(2-4-12-5-3-11)14-8-6-9-15-16-10(18)17(9)7-13-8/h6-7,12,14H,2-5H2,1H3,(H,16,18). The van der Waals surface area contributed by atoms with Crippen molar-refractivity contribution in [2.75, 3.05) is 18.4 Å². The van der Waals surface area contributed by atoms with Gasteiger partial charge >= 0.3 is 5.69 Å². The summed E-state index contributed by atoms with van der Waals surface area (Å²) >= 11 is 0. The van der Waals surface area contributed by atoms with Gasteiger partial charge < -0.3 is 10.6 Å². The van der Waals surface area contributed by atoms with Gasteiger partial charge in [0.1, 0.15) is 12.1 Å². The van der Waals surface area contributed by atoms with E-state index >= 15 is 0 Å². The van der Waals surface area contributed by atoms with Crippen LogP contribution in [0.1, 0.15) is 19.8 Å². The average molecular weight is 248 g/mol. The summed E-state index contributed by atoms with van der Waals surface area (Å²) in [6.45, 7) is 4.21. The molecular weight excluding hydrogens is 232 g/mol. The number of nitrogens with zero attached hydrogens (tertiary/aromatic N) is 3. The summed E-state index contributed by atoms with van der Waals surface area (Å²) in [5.41, 5.74) is 0.361. The molecule has 2 aromatic heterocycles. The second-order valence-corrected chi connectivity index (χ2v) is 4.97. The number of aromatic amines is 1. The van der Waals surface area contributed by atoms with Crippen molar-refractivity contribution >= 4 is 11.5 Å². The highest BCUT2D eigenvalue weighted by atomic mass is 16.1. The number of hydrogen-bond donors (Lipinski definition) is 3. The second-order valence-electron chi connectivity index (χ2n) is 4.97. The van der Waals surface area contributed by atoms with Crippen LogP contribution in [-0.2, 0) is 0 Å². The van der Waals surface area contributed by atoms with Crippen LogP contribution in [0.25, 0.3) is 5.65 Å². The third-order valence-corrected chi connectivity index (χ3v) is 3.45. The maximum atomic E-state index is 11.3. The molecule has 0 bridgehead atoms. The van der Waals surface area contributed by atoms with E-state index in [1.807, 2.05) is 0 Å². The van der Waals surface area contributed by atoms with Crippen LogP contribution in [0.3, 0.4) is 0 Å². The minimum Gasteiger partial charge on any atom is -0.365 e. The monoisotopic (exact) mass is 248 g/mol. The Hall–Kier alpha value is -1.89. The number of H-pyrrole nitrogens is 1. The van der Waals surface area contributed by atoms with Crippen molar-refractivity contribution in [1.82, 2.24) is 24.9 Å². The molecule has 3 rings (SSSR count). The lowest BCUT2D eigenvalue weighted by Crippen LogP contribution is -2.45. The number of fused-ring (bicyclic) bond motifs is 1. The molecule has 0 aliphatic carbocycles. The minimum absolute atomic E-state index is 0.0488. The second kappa shape index (κ2) is 4.09. The zero-order chi connectivity index (χ0) is 12.6. The van der Waals surface area contributed by atoms with Gasteiger partial charge in [-0.25, -0.2) is 19.3 Å². The van der Waals surface area contributed by atoms with E-state index in [-0.39, 0.29) is 11.2 Å². The number of piperidine rings is 1. The molecule has 96 valence electrons. The Labute approximate surface area is 104 Å². The van der Waals surface area contributed by atoms with Crippen LogP contribution in [0, 0.1) is 0 Å². The van der Waals surface area contributed by atoms with E-state index in [0.717, 1.165) is 31.7 Å². The number of nitrogens with one attached hydrogen (secondary N) is 3. The van der Waals surface area contributed by atoms with Crippen LogP contribution in [0.2, 0.25) is 0 Å². The molecule has 3 heterocycles. The molecule has 0 atom stereocenters. The molecule has 0 spiro atoms. The Bertz CT molecular complexity index is 609. The molecule has 0 aromatic carbocycles. The predicted octanol–water partition coefficient (Wildman–Crippen LogP) is -0.0284. The van der Waals surface area contributed by atoms with E-state index in [1.165, 1.54) is 10.7 Å². The third-order valence-electron chi connectivity index (χ3n) is 3.45. The highest BCUT2D eigenvalue weighted by Gasteiger charge is 2.26. The van der Waals surface area contributed by atoms with Crippen LogP contribution < -0.4 is 16.3 Å². The topological polar surface area (TPSA) is 87.1 Å². The Morgan fingerprint density at radius 2 is 2.22 bits per heavy atom. The van der Waals surface area contributed by atoms with Gasteiger partial charge in [-0.05, 0) is 32.9 Å². The van der Waals surface area contributed by atoms with Crippen molar-refractivity contribution in [3.63, 3.8) is 0 Å². The normalized spacial score (nSPS) is 18.9. The van der Waals surface area contributed by atoms with Gasteiger partial charge in [-0.15, -0.1) is 0 Å². The van der Waals surface area contributed by atoms with Gasteiger partial charge in [0, 0.05) is 11.6 Å². The molecule has 0 amide bonds. The lowest BCUT2D eigenvalue weighted by atomic mass is 9.91. The fourth-order valence-corrected chi connectivity index (χ4v) is 2.29. The highest BCUT2D eigenvalue weighted by molar-refractivity contribution is 5.49. The molecule has 1 fully saturated rings. The lowest BCUT2D eigenvalue weighted by molar-refractivity contribution is 0.364. The molecule has 3 N–H and O–H groups in total. The molecule has 2 aromatic rings. The fraction of sp³-hybridized carbons (Fsp3) is 0.545. The van der Waals surface area contributed by atoms with Crippen molar-refractivity contribution in [1.29, 1.82) is 0 Å². The number of aromatic nitrogens is 4. The summed E-state index contributed by atoms with van der Waals surface area (Å²) < 4.78 is 1.38. The molecule has 7 nitrogen and oxygen atoms in total. The van der Waals surface area contributed by atoms with E-state index < -0.39 is 0 Å². The first-order chi connectivity index (χ1) is 8.66. The Kier molecular flexibility index (Phi) is 2.55. The summed E-state index contributed by atoms with van der Waals surface area (Å²) in [6, 6.07) is 1.78. The molecule has 18 heavy (non-hydrogen) atoms. The molecule has 0 radical (unpaired) electrons. The van der Waals surface area contributed by atoms with E-state index in [2.05, 4.69) is 32.7 Å². The first-order valence-electron chi connectivity index (χ1n) is 6.08. The zero-order valence-corrected chi connectivity index (χ0v) is 10.2. The van der Waals surface area contributed by atoms with E-state index in [0.29, 0.717) is 5.65 Å². The third kappa shape index (κ3) is 1.97. The quantitative estimate of drug-likeness (QED) is 0.695. The molecule has 1 saturated heterocycles. The van der Waals surface area contributed by atoms with Crippen LogP contribution in [0.5, 0.6) is 0 Å². The largest absolute Gasteiger partial charge is 0.365 e. The van der Waals surface area contributed by atoms with Crippen LogP contribution in [0.15, 0.2) is 17.2 Å². The fourth-order valence-electron chi connectivity index (χ4n) is 2.29. The van der Waals surface area contributed by atoms with Gasteiger partial charge in [0.2, 0.25) is 0 Å². The average Bonchev–Trinajstić information content (AvgIpc) is 2.71. The van der Waals surface area contributed by atoms with Crippen molar-refractivity contribution in [2.45, 2.75) is 25.3 Å². The van der Waals surface area contributed by atoms with Gasteiger partial charge in [-0.1, -0.05) is 0 Å². The number of hydrogen-bond acceptors (Lipinski definition) is 5. The summed E-state index contributed by atoms with van der Waals surface area (Å²) in [7, 11) is 0. The lowest BCUT2D eigenvalue weighted by Gasteiger charge is -2.35. The minimum atomic E-state index is -0.267. The van der Waals surface area contributed by atoms with Crippen LogP contribution >= 0.6 is 0 Å². The molecule has 0 unspecified atom stereocenters. The Morgan fingerprint density at radius 1 is 1.44 bits per heavy atom. The van der Waals surface area contributed by atoms with Crippen molar-refractivity contribution < 1.29 is 0 Å². The predicted molar refractivity (Wildman–Crippen MR) is 67.7 cm³/mol.